The Labute approximate surface area is 210 Å². The first-order valence-corrected chi connectivity index (χ1v) is 11.6. The van der Waals surface area contributed by atoms with Crippen LogP contribution >= 0.6 is 0 Å². The Morgan fingerprint density at radius 3 is 2.08 bits per heavy atom. The van der Waals surface area contributed by atoms with E-state index in [0.29, 0.717) is 29.2 Å². The summed E-state index contributed by atoms with van der Waals surface area (Å²) < 4.78 is 16.5. The second-order valence-corrected chi connectivity index (χ2v) is 7.96. The maximum Gasteiger partial charge on any atom is 0.337 e. The fraction of sp³-hybridized carbons (Fsp3) is 0.133. The van der Waals surface area contributed by atoms with Crippen molar-refractivity contribution in [3.63, 3.8) is 0 Å². The molecule has 4 aromatic carbocycles. The lowest BCUT2D eigenvalue weighted by Gasteiger charge is -2.14. The van der Waals surface area contributed by atoms with Gasteiger partial charge in [-0.3, -0.25) is 4.79 Å². The predicted molar refractivity (Wildman–Crippen MR) is 140 cm³/mol. The van der Waals surface area contributed by atoms with Crippen LogP contribution in [0.1, 0.15) is 33.2 Å². The van der Waals surface area contributed by atoms with Gasteiger partial charge in [-0.25, -0.2) is 4.79 Å². The molecule has 1 amide bonds. The van der Waals surface area contributed by atoms with Gasteiger partial charge in [0.2, 0.25) is 0 Å². The Kier molecular flexibility index (Phi) is 7.98. The molecule has 0 fully saturated rings. The van der Waals surface area contributed by atoms with E-state index in [9.17, 15) is 9.59 Å². The molecular formula is C30H27NO5. The smallest absolute Gasteiger partial charge is 0.337 e. The highest BCUT2D eigenvalue weighted by Gasteiger charge is 2.13. The summed E-state index contributed by atoms with van der Waals surface area (Å²) in [5.74, 6) is 0.672. The lowest BCUT2D eigenvalue weighted by molar-refractivity contribution is 0.0600. The van der Waals surface area contributed by atoms with Crippen molar-refractivity contribution in [2.45, 2.75) is 13.5 Å². The number of benzene rings is 4. The molecular weight excluding hydrogens is 454 g/mol. The lowest BCUT2D eigenvalue weighted by Crippen LogP contribution is -2.13. The van der Waals surface area contributed by atoms with Crippen LogP contribution in [0.15, 0.2) is 97.1 Å². The molecule has 6 heteroatoms. The lowest BCUT2D eigenvalue weighted by atomic mass is 10.1. The van der Waals surface area contributed by atoms with E-state index in [0.717, 1.165) is 22.4 Å². The van der Waals surface area contributed by atoms with Gasteiger partial charge in [0.15, 0.2) is 0 Å². The Bertz CT molecular complexity index is 1320. The number of anilines is 1. The van der Waals surface area contributed by atoms with Gasteiger partial charge in [0.1, 0.15) is 18.1 Å². The summed E-state index contributed by atoms with van der Waals surface area (Å²) >= 11 is 0. The number of methoxy groups -OCH3 is 1. The van der Waals surface area contributed by atoms with Crippen molar-refractivity contribution in [1.82, 2.24) is 0 Å². The molecule has 0 aliphatic heterocycles. The topological polar surface area (TPSA) is 73.9 Å². The van der Waals surface area contributed by atoms with Crippen LogP contribution in [0.2, 0.25) is 0 Å². The van der Waals surface area contributed by atoms with Gasteiger partial charge in [0.05, 0.1) is 19.3 Å². The Hall–Kier alpha value is -4.58. The summed E-state index contributed by atoms with van der Waals surface area (Å²) in [6.07, 6.45) is 0. The Morgan fingerprint density at radius 1 is 0.750 bits per heavy atom. The van der Waals surface area contributed by atoms with Crippen LogP contribution < -0.4 is 14.8 Å². The zero-order valence-electron chi connectivity index (χ0n) is 20.2. The molecule has 0 aromatic heterocycles. The van der Waals surface area contributed by atoms with Gasteiger partial charge < -0.3 is 19.5 Å². The molecule has 0 heterocycles. The minimum absolute atomic E-state index is 0.245. The van der Waals surface area contributed by atoms with Crippen LogP contribution in [0.3, 0.4) is 0 Å². The third-order valence-electron chi connectivity index (χ3n) is 5.54. The molecule has 0 bridgehead atoms. The number of esters is 1. The van der Waals surface area contributed by atoms with E-state index < -0.39 is 5.97 Å². The maximum absolute atomic E-state index is 12.9. The van der Waals surface area contributed by atoms with E-state index >= 15 is 0 Å². The van der Waals surface area contributed by atoms with Gasteiger partial charge in [-0.15, -0.1) is 0 Å². The van der Waals surface area contributed by atoms with Crippen LogP contribution in [0.25, 0.3) is 11.1 Å². The quantitative estimate of drug-likeness (QED) is 0.281. The van der Waals surface area contributed by atoms with Crippen LogP contribution in [0, 0.1) is 0 Å². The first-order valence-electron chi connectivity index (χ1n) is 11.6. The number of nitrogens with one attached hydrogen (secondary N) is 1. The fourth-order valence-electron chi connectivity index (χ4n) is 3.68. The zero-order valence-corrected chi connectivity index (χ0v) is 20.2. The van der Waals surface area contributed by atoms with Crippen molar-refractivity contribution in [3.05, 3.63) is 114 Å². The number of rotatable bonds is 9. The van der Waals surface area contributed by atoms with Crippen molar-refractivity contribution >= 4 is 17.6 Å². The number of ether oxygens (including phenoxy) is 3. The maximum atomic E-state index is 12.9. The number of hydrogen-bond acceptors (Lipinski definition) is 5. The summed E-state index contributed by atoms with van der Waals surface area (Å²) in [5.41, 5.74) is 4.45. The van der Waals surface area contributed by atoms with E-state index in [-0.39, 0.29) is 12.5 Å². The van der Waals surface area contributed by atoms with Gasteiger partial charge in [-0.1, -0.05) is 42.5 Å². The van der Waals surface area contributed by atoms with E-state index in [1.165, 1.54) is 7.11 Å². The first-order chi connectivity index (χ1) is 17.6. The third-order valence-corrected chi connectivity index (χ3v) is 5.54. The first kappa shape index (κ1) is 24.5. The summed E-state index contributed by atoms with van der Waals surface area (Å²) in [5, 5.41) is 2.84. The molecule has 4 aromatic rings. The third kappa shape index (κ3) is 6.10. The molecule has 0 atom stereocenters. The zero-order chi connectivity index (χ0) is 25.3. The molecule has 0 spiro atoms. The van der Waals surface area contributed by atoms with Crippen molar-refractivity contribution in [3.8, 4) is 22.6 Å². The van der Waals surface area contributed by atoms with E-state index in [1.807, 2.05) is 49.4 Å². The second-order valence-electron chi connectivity index (χ2n) is 7.96. The van der Waals surface area contributed by atoms with Gasteiger partial charge >= 0.3 is 5.97 Å². The average Bonchev–Trinajstić information content (AvgIpc) is 2.93. The van der Waals surface area contributed by atoms with Crippen LogP contribution in [-0.4, -0.2) is 25.6 Å². The van der Waals surface area contributed by atoms with Gasteiger partial charge in [-0.05, 0) is 72.6 Å². The Balaban J connectivity index is 1.45. The molecule has 36 heavy (non-hydrogen) atoms. The molecule has 4 rings (SSSR count). The molecule has 0 aliphatic rings. The fourth-order valence-corrected chi connectivity index (χ4v) is 3.68. The highest BCUT2D eigenvalue weighted by molar-refractivity contribution is 6.04. The molecule has 0 saturated heterocycles. The molecule has 1 N–H and O–H groups in total. The molecule has 0 aliphatic carbocycles. The van der Waals surface area contributed by atoms with E-state index in [4.69, 9.17) is 14.2 Å². The van der Waals surface area contributed by atoms with Crippen molar-refractivity contribution < 1.29 is 23.8 Å². The largest absolute Gasteiger partial charge is 0.493 e. The van der Waals surface area contributed by atoms with Crippen molar-refractivity contribution in [2.75, 3.05) is 19.0 Å². The van der Waals surface area contributed by atoms with Gasteiger partial charge in [0, 0.05) is 16.8 Å². The minimum atomic E-state index is -0.432. The molecule has 0 radical (unpaired) electrons. The Morgan fingerprint density at radius 2 is 1.42 bits per heavy atom. The van der Waals surface area contributed by atoms with Crippen LogP contribution in [-0.2, 0) is 11.3 Å². The predicted octanol–water partition coefficient (Wildman–Crippen LogP) is 6.37. The summed E-state index contributed by atoms with van der Waals surface area (Å²) in [6, 6.07) is 29.8. The highest BCUT2D eigenvalue weighted by Crippen LogP contribution is 2.26. The van der Waals surface area contributed by atoms with Gasteiger partial charge in [-0.2, -0.15) is 0 Å². The molecule has 182 valence electrons. The molecule has 0 unspecified atom stereocenters. The van der Waals surface area contributed by atoms with E-state index in [2.05, 4.69) is 17.4 Å². The molecule has 0 saturated carbocycles. The monoisotopic (exact) mass is 481 g/mol. The average molecular weight is 482 g/mol. The minimum Gasteiger partial charge on any atom is -0.493 e. The normalized spacial score (nSPS) is 10.4. The van der Waals surface area contributed by atoms with Crippen molar-refractivity contribution in [2.24, 2.45) is 0 Å². The summed E-state index contributed by atoms with van der Waals surface area (Å²) in [4.78, 5) is 24.5. The number of hydrogen-bond donors (Lipinski definition) is 1. The SMILES string of the molecule is CCOc1ccc(C(=O)Nc2ccc(C(=O)OC)cc2)cc1COc1ccc(-c2ccccc2)cc1. The second kappa shape index (κ2) is 11.7. The molecule has 6 nitrogen and oxygen atoms in total. The standard InChI is InChI=1S/C30H27NO5/c1-3-35-28-18-13-24(29(32)31-26-14-9-23(10-15-26)30(33)34-2)19-25(28)20-36-27-16-11-22(12-17-27)21-7-5-4-6-8-21/h4-19H,3,20H2,1-2H3,(H,31,32). The van der Waals surface area contributed by atoms with E-state index in [1.54, 1.807) is 42.5 Å². The van der Waals surface area contributed by atoms with Crippen LogP contribution in [0.5, 0.6) is 11.5 Å². The number of amides is 1. The number of carbonyl (C=O) groups excluding carboxylic acids is 2. The number of carbonyl (C=O) groups is 2. The summed E-state index contributed by atoms with van der Waals surface area (Å²) in [7, 11) is 1.32. The highest BCUT2D eigenvalue weighted by atomic mass is 16.5. The van der Waals surface area contributed by atoms with Crippen LogP contribution in [0.4, 0.5) is 5.69 Å². The van der Waals surface area contributed by atoms with Crippen molar-refractivity contribution in [1.29, 1.82) is 0 Å². The van der Waals surface area contributed by atoms with Gasteiger partial charge in [0.25, 0.3) is 5.91 Å². The summed E-state index contributed by atoms with van der Waals surface area (Å²) in [6.45, 7) is 2.65.